The highest BCUT2D eigenvalue weighted by Crippen LogP contribution is 2.47. The van der Waals surface area contributed by atoms with Crippen LogP contribution in [0.3, 0.4) is 0 Å². The number of para-hydroxylation sites is 3. The number of carbonyl (C=O) groups excluding carboxylic acids is 1. The second-order valence-corrected chi connectivity index (χ2v) is 9.25. The first-order valence-electron chi connectivity index (χ1n) is 10.6. The number of rotatable bonds is 4. The maximum absolute atomic E-state index is 13.0. The molecule has 5 rings (SSSR count). The molecule has 1 fully saturated rings. The van der Waals surface area contributed by atoms with E-state index in [9.17, 15) is 4.79 Å². The molecule has 2 aliphatic rings. The summed E-state index contributed by atoms with van der Waals surface area (Å²) >= 11 is 8.14. The molecule has 2 aliphatic heterocycles. The zero-order valence-electron chi connectivity index (χ0n) is 17.2. The number of hydrogen-bond acceptors (Lipinski definition) is 4. The zero-order valence-corrected chi connectivity index (χ0v) is 18.8. The van der Waals surface area contributed by atoms with Crippen molar-refractivity contribution in [3.63, 3.8) is 0 Å². The summed E-state index contributed by atoms with van der Waals surface area (Å²) in [5.41, 5.74) is 3.42. The van der Waals surface area contributed by atoms with Gasteiger partial charge in [-0.3, -0.25) is 4.79 Å². The summed E-state index contributed by atoms with van der Waals surface area (Å²) in [7, 11) is 0. The van der Waals surface area contributed by atoms with Crippen LogP contribution in [0.1, 0.15) is 6.42 Å². The van der Waals surface area contributed by atoms with Crippen LogP contribution in [0.15, 0.2) is 82.6 Å². The SMILES string of the molecule is O=C(CCN1c2ccccc2Sc2ccccc21)N1CCN(c2ccccc2Cl)CC1. The number of amides is 1. The highest BCUT2D eigenvalue weighted by atomic mass is 35.5. The number of carbonyl (C=O) groups is 1. The fourth-order valence-corrected chi connectivity index (χ4v) is 5.64. The number of fused-ring (bicyclic) bond motifs is 2. The van der Waals surface area contributed by atoms with Crippen molar-refractivity contribution in [1.29, 1.82) is 0 Å². The standard InChI is InChI=1S/C25H24ClN3OS/c26-19-7-1-2-8-20(19)27-15-17-28(18-16-27)25(30)13-14-29-21-9-3-5-11-23(21)31-24-12-6-4-10-22(24)29/h1-12H,13-18H2. The van der Waals surface area contributed by atoms with Crippen molar-refractivity contribution < 1.29 is 4.79 Å². The summed E-state index contributed by atoms with van der Waals surface area (Å²) < 4.78 is 0. The first kappa shape index (κ1) is 20.3. The summed E-state index contributed by atoms with van der Waals surface area (Å²) in [5, 5.41) is 0.766. The normalized spacial score (nSPS) is 15.5. The molecule has 0 radical (unpaired) electrons. The lowest BCUT2D eigenvalue weighted by molar-refractivity contribution is -0.131. The number of piperazine rings is 1. The molecular formula is C25H24ClN3OS. The van der Waals surface area contributed by atoms with Gasteiger partial charge in [0, 0.05) is 48.9 Å². The minimum Gasteiger partial charge on any atom is -0.367 e. The minimum atomic E-state index is 0.215. The maximum Gasteiger partial charge on any atom is 0.224 e. The Hall–Kier alpha value is -2.63. The molecule has 31 heavy (non-hydrogen) atoms. The van der Waals surface area contributed by atoms with Crippen LogP contribution in [0, 0.1) is 0 Å². The molecule has 3 aromatic rings. The summed E-state index contributed by atoms with van der Waals surface area (Å²) in [6.07, 6.45) is 0.499. The molecule has 6 heteroatoms. The van der Waals surface area contributed by atoms with Crippen LogP contribution in [0.25, 0.3) is 0 Å². The van der Waals surface area contributed by atoms with Gasteiger partial charge < -0.3 is 14.7 Å². The van der Waals surface area contributed by atoms with Gasteiger partial charge in [-0.1, -0.05) is 59.8 Å². The Morgan fingerprint density at radius 3 is 1.94 bits per heavy atom. The van der Waals surface area contributed by atoms with Gasteiger partial charge in [0.2, 0.25) is 5.91 Å². The van der Waals surface area contributed by atoms with Crippen molar-refractivity contribution in [1.82, 2.24) is 4.90 Å². The molecule has 0 spiro atoms. The van der Waals surface area contributed by atoms with Crippen molar-refractivity contribution in [2.45, 2.75) is 16.2 Å². The van der Waals surface area contributed by atoms with Gasteiger partial charge in [0.1, 0.15) is 0 Å². The molecule has 4 nitrogen and oxygen atoms in total. The van der Waals surface area contributed by atoms with Crippen LogP contribution < -0.4 is 9.80 Å². The van der Waals surface area contributed by atoms with Crippen LogP contribution in [-0.2, 0) is 4.79 Å². The van der Waals surface area contributed by atoms with E-state index in [0.29, 0.717) is 13.0 Å². The molecule has 1 saturated heterocycles. The molecule has 2 heterocycles. The van der Waals surface area contributed by atoms with E-state index < -0.39 is 0 Å². The zero-order chi connectivity index (χ0) is 21.2. The fourth-order valence-electron chi connectivity index (χ4n) is 4.29. The van der Waals surface area contributed by atoms with Crippen molar-refractivity contribution in [3.05, 3.63) is 77.8 Å². The van der Waals surface area contributed by atoms with Gasteiger partial charge in [-0.25, -0.2) is 0 Å². The Kier molecular flexibility index (Phi) is 5.79. The van der Waals surface area contributed by atoms with Gasteiger partial charge in [0.25, 0.3) is 0 Å². The van der Waals surface area contributed by atoms with Crippen LogP contribution in [0.5, 0.6) is 0 Å². The molecule has 0 unspecified atom stereocenters. The van der Waals surface area contributed by atoms with E-state index in [1.54, 1.807) is 11.8 Å². The quantitative estimate of drug-likeness (QED) is 0.511. The number of hydrogen-bond donors (Lipinski definition) is 0. The minimum absolute atomic E-state index is 0.215. The Labute approximate surface area is 192 Å². The third kappa shape index (κ3) is 4.12. The first-order valence-corrected chi connectivity index (χ1v) is 11.8. The third-order valence-electron chi connectivity index (χ3n) is 5.91. The van der Waals surface area contributed by atoms with Crippen LogP contribution in [-0.4, -0.2) is 43.5 Å². The lowest BCUT2D eigenvalue weighted by Crippen LogP contribution is -2.49. The van der Waals surface area contributed by atoms with E-state index >= 15 is 0 Å². The Morgan fingerprint density at radius 1 is 0.774 bits per heavy atom. The third-order valence-corrected chi connectivity index (χ3v) is 7.36. The number of nitrogens with zero attached hydrogens (tertiary/aromatic N) is 3. The highest BCUT2D eigenvalue weighted by molar-refractivity contribution is 7.99. The van der Waals surface area contributed by atoms with Gasteiger partial charge in [-0.15, -0.1) is 0 Å². The molecular weight excluding hydrogens is 426 g/mol. The molecule has 0 aromatic heterocycles. The van der Waals surface area contributed by atoms with E-state index in [4.69, 9.17) is 11.6 Å². The van der Waals surface area contributed by atoms with Crippen molar-refractivity contribution >= 4 is 46.3 Å². The van der Waals surface area contributed by atoms with Gasteiger partial charge >= 0.3 is 0 Å². The van der Waals surface area contributed by atoms with Crippen LogP contribution in [0.4, 0.5) is 17.1 Å². The van der Waals surface area contributed by atoms with Crippen LogP contribution >= 0.6 is 23.4 Å². The van der Waals surface area contributed by atoms with Crippen molar-refractivity contribution in [2.75, 3.05) is 42.5 Å². The molecule has 0 bridgehead atoms. The van der Waals surface area contributed by atoms with Crippen molar-refractivity contribution in [3.8, 4) is 0 Å². The monoisotopic (exact) mass is 449 g/mol. The smallest absolute Gasteiger partial charge is 0.224 e. The van der Waals surface area contributed by atoms with E-state index in [1.807, 2.05) is 29.2 Å². The van der Waals surface area contributed by atoms with Gasteiger partial charge in [-0.2, -0.15) is 0 Å². The average molecular weight is 450 g/mol. The largest absolute Gasteiger partial charge is 0.367 e. The first-order chi connectivity index (χ1) is 15.2. The molecule has 0 N–H and O–H groups in total. The molecule has 1 amide bonds. The number of benzene rings is 3. The van der Waals surface area contributed by atoms with E-state index in [0.717, 1.165) is 36.9 Å². The molecule has 0 saturated carbocycles. The lowest BCUT2D eigenvalue weighted by Gasteiger charge is -2.37. The second-order valence-electron chi connectivity index (χ2n) is 7.76. The highest BCUT2D eigenvalue weighted by Gasteiger charge is 2.26. The average Bonchev–Trinajstić information content (AvgIpc) is 2.82. The van der Waals surface area contributed by atoms with Gasteiger partial charge in [0.05, 0.1) is 22.1 Å². The topological polar surface area (TPSA) is 26.8 Å². The Morgan fingerprint density at radius 2 is 1.32 bits per heavy atom. The van der Waals surface area contributed by atoms with Gasteiger partial charge in [-0.05, 0) is 36.4 Å². The summed E-state index contributed by atoms with van der Waals surface area (Å²) in [4.78, 5) is 22.0. The Balaban J connectivity index is 1.24. The second kappa shape index (κ2) is 8.85. The number of anilines is 3. The van der Waals surface area contributed by atoms with Crippen LogP contribution in [0.2, 0.25) is 5.02 Å². The summed E-state index contributed by atoms with van der Waals surface area (Å²) in [6.45, 7) is 3.75. The van der Waals surface area contributed by atoms with E-state index in [1.165, 1.54) is 21.2 Å². The summed E-state index contributed by atoms with van der Waals surface area (Å²) in [5.74, 6) is 0.215. The molecule has 0 atom stereocenters. The van der Waals surface area contributed by atoms with Crippen molar-refractivity contribution in [2.24, 2.45) is 0 Å². The number of halogens is 1. The summed E-state index contributed by atoms with van der Waals surface area (Å²) in [6, 6.07) is 24.8. The predicted molar refractivity (Wildman–Crippen MR) is 129 cm³/mol. The van der Waals surface area contributed by atoms with E-state index in [2.05, 4.69) is 58.3 Å². The predicted octanol–water partition coefficient (Wildman–Crippen LogP) is 5.68. The fraction of sp³-hybridized carbons (Fsp3) is 0.240. The molecule has 158 valence electrons. The molecule has 3 aromatic carbocycles. The molecule has 0 aliphatic carbocycles. The lowest BCUT2D eigenvalue weighted by atomic mass is 10.2. The Bertz CT molecular complexity index is 1050. The maximum atomic E-state index is 13.0. The van der Waals surface area contributed by atoms with E-state index in [-0.39, 0.29) is 5.91 Å². The van der Waals surface area contributed by atoms with Gasteiger partial charge in [0.15, 0.2) is 0 Å².